The third kappa shape index (κ3) is 4.15. The van der Waals surface area contributed by atoms with E-state index in [1.807, 2.05) is 31.2 Å². The third-order valence-corrected chi connectivity index (χ3v) is 5.26. The van der Waals surface area contributed by atoms with Gasteiger partial charge in [0.2, 0.25) is 0 Å². The molecular weight excluding hydrogens is 368 g/mol. The van der Waals surface area contributed by atoms with Crippen LogP contribution >= 0.6 is 11.8 Å². The second kappa shape index (κ2) is 8.55. The van der Waals surface area contributed by atoms with Gasteiger partial charge < -0.3 is 20.1 Å². The molecular formula is C18H22N4O4S. The Balaban J connectivity index is 1.81. The number of anilines is 1. The highest BCUT2D eigenvalue weighted by atomic mass is 32.2. The molecule has 27 heavy (non-hydrogen) atoms. The van der Waals surface area contributed by atoms with Gasteiger partial charge in [0, 0.05) is 31.3 Å². The van der Waals surface area contributed by atoms with Crippen LogP contribution in [0, 0.1) is 6.92 Å². The van der Waals surface area contributed by atoms with E-state index in [9.17, 15) is 9.59 Å². The Morgan fingerprint density at radius 2 is 1.96 bits per heavy atom. The van der Waals surface area contributed by atoms with E-state index in [-0.39, 0.29) is 6.54 Å². The van der Waals surface area contributed by atoms with E-state index in [0.29, 0.717) is 5.82 Å². The molecule has 0 aliphatic carbocycles. The summed E-state index contributed by atoms with van der Waals surface area (Å²) >= 11 is 1.73. The second-order valence-electron chi connectivity index (χ2n) is 6.03. The lowest BCUT2D eigenvalue weighted by Gasteiger charge is -2.15. The molecule has 0 atom stereocenters. The number of aromatic nitrogens is 2. The summed E-state index contributed by atoms with van der Waals surface area (Å²) in [5.41, 5.74) is 3.77. The van der Waals surface area contributed by atoms with Gasteiger partial charge in [-0.25, -0.2) is 4.68 Å². The fraction of sp³-hybridized carbons (Fsp3) is 0.389. The van der Waals surface area contributed by atoms with E-state index in [0.717, 1.165) is 34.0 Å². The van der Waals surface area contributed by atoms with Gasteiger partial charge in [-0.1, -0.05) is 18.2 Å². The number of carbonyl (C=O) groups is 2. The number of nitrogens with zero attached hydrogens (tertiary/aromatic N) is 2. The predicted molar refractivity (Wildman–Crippen MR) is 103 cm³/mol. The first kappa shape index (κ1) is 19.4. The molecule has 0 saturated heterocycles. The number of ether oxygens (including phenoxy) is 2. The van der Waals surface area contributed by atoms with E-state index >= 15 is 0 Å². The molecule has 0 saturated carbocycles. The van der Waals surface area contributed by atoms with Gasteiger partial charge in [0.05, 0.1) is 17.9 Å². The molecule has 3 rings (SSSR count). The lowest BCUT2D eigenvalue weighted by Crippen LogP contribution is -2.40. The molecule has 0 bridgehead atoms. The molecule has 2 N–H and O–H groups in total. The molecule has 0 spiro atoms. The summed E-state index contributed by atoms with van der Waals surface area (Å²) in [6.07, 6.45) is -0.611. The van der Waals surface area contributed by atoms with Crippen molar-refractivity contribution in [3.05, 3.63) is 41.1 Å². The molecule has 1 aromatic heterocycles. The Bertz CT molecular complexity index is 848. The maximum atomic E-state index is 12.4. The van der Waals surface area contributed by atoms with Gasteiger partial charge >= 0.3 is 11.8 Å². The summed E-state index contributed by atoms with van der Waals surface area (Å²) in [4.78, 5) is 24.6. The average Bonchev–Trinajstić information content (AvgIpc) is 3.25. The van der Waals surface area contributed by atoms with Gasteiger partial charge in [-0.15, -0.1) is 0 Å². The minimum Gasteiger partial charge on any atom is -0.354 e. The number of hydrogen-bond donors (Lipinski definition) is 2. The molecule has 2 amide bonds. The third-order valence-electron chi connectivity index (χ3n) is 4.29. The number of fused-ring (bicyclic) bond motifs is 1. The fourth-order valence-electron chi connectivity index (χ4n) is 2.80. The van der Waals surface area contributed by atoms with Gasteiger partial charge in [-0.2, -0.15) is 16.9 Å². The van der Waals surface area contributed by atoms with Crippen molar-refractivity contribution in [2.45, 2.75) is 24.7 Å². The topological polar surface area (TPSA) is 94.5 Å². The van der Waals surface area contributed by atoms with Crippen molar-refractivity contribution < 1.29 is 19.1 Å². The van der Waals surface area contributed by atoms with Crippen LogP contribution in [0.15, 0.2) is 24.3 Å². The summed E-state index contributed by atoms with van der Waals surface area (Å²) in [6.45, 7) is 2.05. The Hall–Kier alpha value is -2.36. The maximum absolute atomic E-state index is 12.4. The zero-order chi connectivity index (χ0) is 19.4. The molecule has 1 aliphatic heterocycles. The van der Waals surface area contributed by atoms with Crippen molar-refractivity contribution >= 4 is 29.4 Å². The van der Waals surface area contributed by atoms with E-state index < -0.39 is 18.1 Å². The van der Waals surface area contributed by atoms with Crippen LogP contribution in [0.5, 0.6) is 0 Å². The van der Waals surface area contributed by atoms with Crippen molar-refractivity contribution in [2.75, 3.05) is 26.1 Å². The lowest BCUT2D eigenvalue weighted by molar-refractivity contribution is -0.139. The number of methoxy groups -OCH3 is 2. The standard InChI is InChI=1S/C18H22N4O4S/c1-11-6-4-5-7-14(11)22-16(12-9-27-10-13(12)21-22)20-18(24)17(23)19-8-15(25-2)26-3/h4-7,15H,8-10H2,1-3H3,(H,19,23)(H,20,24). The molecule has 0 fully saturated rings. The van der Waals surface area contributed by atoms with Crippen molar-refractivity contribution in [3.8, 4) is 5.69 Å². The van der Waals surface area contributed by atoms with Crippen LogP contribution in [0.4, 0.5) is 5.82 Å². The number of rotatable bonds is 6. The molecule has 8 nitrogen and oxygen atoms in total. The highest BCUT2D eigenvalue weighted by Gasteiger charge is 2.27. The number of nitrogens with one attached hydrogen (secondary N) is 2. The summed E-state index contributed by atoms with van der Waals surface area (Å²) < 4.78 is 11.7. The van der Waals surface area contributed by atoms with E-state index in [4.69, 9.17) is 9.47 Å². The summed E-state index contributed by atoms with van der Waals surface area (Å²) in [5, 5.41) is 9.87. The number of thioether (sulfide) groups is 1. The largest absolute Gasteiger partial charge is 0.354 e. The van der Waals surface area contributed by atoms with Crippen LogP contribution in [0.2, 0.25) is 0 Å². The Morgan fingerprint density at radius 1 is 1.22 bits per heavy atom. The first-order chi connectivity index (χ1) is 13.0. The number of amides is 2. The van der Waals surface area contributed by atoms with Gasteiger partial charge in [-0.05, 0) is 18.6 Å². The number of aryl methyl sites for hydroxylation is 1. The molecule has 9 heteroatoms. The van der Waals surface area contributed by atoms with Gasteiger partial charge in [0.1, 0.15) is 5.82 Å². The van der Waals surface area contributed by atoms with Crippen LogP contribution in [0.25, 0.3) is 5.69 Å². The Kier molecular flexibility index (Phi) is 6.15. The Morgan fingerprint density at radius 3 is 2.67 bits per heavy atom. The lowest BCUT2D eigenvalue weighted by atomic mass is 10.2. The minimum atomic E-state index is -0.758. The quantitative estimate of drug-likeness (QED) is 0.575. The van der Waals surface area contributed by atoms with Crippen molar-refractivity contribution in [3.63, 3.8) is 0 Å². The van der Waals surface area contributed by atoms with Crippen LogP contribution < -0.4 is 10.6 Å². The van der Waals surface area contributed by atoms with Gasteiger partial charge in [0.15, 0.2) is 6.29 Å². The Labute approximate surface area is 161 Å². The normalized spacial score (nSPS) is 12.9. The van der Waals surface area contributed by atoms with Crippen LogP contribution in [0.3, 0.4) is 0 Å². The first-order valence-electron chi connectivity index (χ1n) is 8.44. The van der Waals surface area contributed by atoms with E-state index in [1.165, 1.54) is 14.2 Å². The predicted octanol–water partition coefficient (Wildman–Crippen LogP) is 1.60. The molecule has 2 aromatic rings. The van der Waals surface area contributed by atoms with E-state index in [2.05, 4.69) is 15.7 Å². The van der Waals surface area contributed by atoms with Crippen LogP contribution in [0.1, 0.15) is 16.8 Å². The second-order valence-corrected chi connectivity index (χ2v) is 7.02. The fourth-order valence-corrected chi connectivity index (χ4v) is 3.84. The van der Waals surface area contributed by atoms with Crippen molar-refractivity contribution in [1.82, 2.24) is 15.1 Å². The summed E-state index contributed by atoms with van der Waals surface area (Å²) in [7, 11) is 2.92. The SMILES string of the molecule is COC(CNC(=O)C(=O)Nc1c2c(nn1-c1ccccc1C)CSC2)OC. The van der Waals surface area contributed by atoms with Gasteiger partial charge in [-0.3, -0.25) is 9.59 Å². The first-order valence-corrected chi connectivity index (χ1v) is 9.60. The monoisotopic (exact) mass is 390 g/mol. The zero-order valence-corrected chi connectivity index (χ0v) is 16.3. The average molecular weight is 390 g/mol. The minimum absolute atomic E-state index is 0.0737. The molecule has 1 aliphatic rings. The summed E-state index contributed by atoms with van der Waals surface area (Å²) in [6, 6.07) is 7.77. The zero-order valence-electron chi connectivity index (χ0n) is 15.4. The molecule has 144 valence electrons. The molecule has 0 unspecified atom stereocenters. The summed E-state index contributed by atoms with van der Waals surface area (Å²) in [5.74, 6) is 0.557. The highest BCUT2D eigenvalue weighted by molar-refractivity contribution is 7.98. The van der Waals surface area contributed by atoms with Crippen LogP contribution in [-0.2, 0) is 30.6 Å². The number of benzene rings is 1. The number of hydrogen-bond acceptors (Lipinski definition) is 6. The van der Waals surface area contributed by atoms with Crippen molar-refractivity contribution in [1.29, 1.82) is 0 Å². The van der Waals surface area contributed by atoms with Crippen LogP contribution in [-0.4, -0.2) is 48.6 Å². The number of carbonyl (C=O) groups excluding carboxylic acids is 2. The smallest absolute Gasteiger partial charge is 0.314 e. The number of para-hydroxylation sites is 1. The van der Waals surface area contributed by atoms with E-state index in [1.54, 1.807) is 16.4 Å². The highest BCUT2D eigenvalue weighted by Crippen LogP contribution is 2.36. The molecule has 2 heterocycles. The maximum Gasteiger partial charge on any atom is 0.314 e. The van der Waals surface area contributed by atoms with Gasteiger partial charge in [0.25, 0.3) is 0 Å². The van der Waals surface area contributed by atoms with Crippen molar-refractivity contribution in [2.24, 2.45) is 0 Å². The molecule has 0 radical (unpaired) electrons. The molecule has 1 aromatic carbocycles.